The molecule has 1 aliphatic heterocycles. The molecule has 0 atom stereocenters. The van der Waals surface area contributed by atoms with E-state index >= 15 is 0 Å². The van der Waals surface area contributed by atoms with Crippen molar-refractivity contribution in [3.63, 3.8) is 0 Å². The number of nitrogens with zero attached hydrogens (tertiary/aromatic N) is 8. The van der Waals surface area contributed by atoms with Crippen LogP contribution in [-0.2, 0) is 10.0 Å². The van der Waals surface area contributed by atoms with Crippen LogP contribution in [0.3, 0.4) is 0 Å². The van der Waals surface area contributed by atoms with Crippen molar-refractivity contribution in [1.29, 1.82) is 0 Å². The predicted molar refractivity (Wildman–Crippen MR) is 139 cm³/mol. The quantitative estimate of drug-likeness (QED) is 0.318. The minimum absolute atomic E-state index is 0.0108. The number of piperidine rings is 1. The van der Waals surface area contributed by atoms with E-state index < -0.39 is 10.0 Å². The second-order valence-electron chi connectivity index (χ2n) is 8.63. The molecule has 0 aliphatic carbocycles. The molecule has 6 rings (SSSR count). The molecule has 37 heavy (non-hydrogen) atoms. The van der Waals surface area contributed by atoms with Gasteiger partial charge in [0.15, 0.2) is 5.65 Å². The van der Waals surface area contributed by atoms with Crippen LogP contribution in [-0.4, -0.2) is 65.6 Å². The molecule has 0 spiro atoms. The molecule has 3 N–H and O–H groups in total. The third kappa shape index (κ3) is 4.16. The summed E-state index contributed by atoms with van der Waals surface area (Å²) in [6.45, 7) is 0.664. The molecule has 0 aromatic carbocycles. The van der Waals surface area contributed by atoms with Crippen molar-refractivity contribution >= 4 is 37.4 Å². The topological polar surface area (TPSA) is 161 Å². The molecule has 12 nitrogen and oxygen atoms in total. The SMILES string of the molecule is Nc1c(Br)c(C2CCN(S(=O)(=O)c3ncn[nH]3)CC2)nc2c(-c3ccc(-c4cccnc4)nc3)cnn12. The molecule has 0 amide bonds. The predicted octanol–water partition coefficient (Wildman–Crippen LogP) is 2.88. The van der Waals surface area contributed by atoms with Gasteiger partial charge in [-0.3, -0.25) is 9.97 Å². The van der Waals surface area contributed by atoms with Crippen LogP contribution in [0.2, 0.25) is 0 Å². The number of anilines is 1. The third-order valence-electron chi connectivity index (χ3n) is 6.50. The number of sulfonamides is 1. The highest BCUT2D eigenvalue weighted by atomic mass is 79.9. The first kappa shape index (κ1) is 23.6. The zero-order chi connectivity index (χ0) is 25.6. The Hall–Kier alpha value is -3.75. The van der Waals surface area contributed by atoms with Crippen molar-refractivity contribution in [3.05, 3.63) is 65.5 Å². The first-order valence-corrected chi connectivity index (χ1v) is 13.7. The molecule has 0 bridgehead atoms. The Kier molecular flexibility index (Phi) is 5.93. The molecule has 1 saturated heterocycles. The lowest BCUT2D eigenvalue weighted by Crippen LogP contribution is -2.38. The summed E-state index contributed by atoms with van der Waals surface area (Å²) in [6, 6.07) is 7.73. The molecule has 0 unspecified atom stereocenters. The maximum absolute atomic E-state index is 12.8. The van der Waals surface area contributed by atoms with E-state index in [0.717, 1.165) is 28.1 Å². The molecule has 14 heteroatoms. The maximum Gasteiger partial charge on any atom is 0.278 e. The minimum atomic E-state index is -3.71. The highest BCUT2D eigenvalue weighted by Crippen LogP contribution is 2.37. The molecular formula is C23H21BrN10O2S. The molecule has 0 saturated carbocycles. The van der Waals surface area contributed by atoms with Crippen molar-refractivity contribution in [1.82, 2.24) is 44.1 Å². The lowest BCUT2D eigenvalue weighted by atomic mass is 9.94. The second kappa shape index (κ2) is 9.28. The molecule has 1 aliphatic rings. The summed E-state index contributed by atoms with van der Waals surface area (Å²) in [5, 5.41) is 10.4. The monoisotopic (exact) mass is 580 g/mol. The number of aromatic nitrogens is 8. The van der Waals surface area contributed by atoms with Gasteiger partial charge in [0.1, 0.15) is 12.1 Å². The van der Waals surface area contributed by atoms with E-state index in [9.17, 15) is 8.42 Å². The summed E-state index contributed by atoms with van der Waals surface area (Å²) in [4.78, 5) is 17.5. The van der Waals surface area contributed by atoms with Gasteiger partial charge in [0, 0.05) is 54.3 Å². The van der Waals surface area contributed by atoms with Crippen molar-refractivity contribution in [2.75, 3.05) is 18.8 Å². The van der Waals surface area contributed by atoms with E-state index in [4.69, 9.17) is 10.7 Å². The van der Waals surface area contributed by atoms with E-state index in [1.165, 1.54) is 10.6 Å². The zero-order valence-electron chi connectivity index (χ0n) is 19.4. The molecule has 5 aromatic rings. The van der Waals surface area contributed by atoms with Crippen molar-refractivity contribution in [2.45, 2.75) is 23.9 Å². The van der Waals surface area contributed by atoms with Gasteiger partial charge < -0.3 is 5.73 Å². The maximum atomic E-state index is 12.8. The van der Waals surface area contributed by atoms with Crippen LogP contribution in [0.15, 0.2) is 65.0 Å². The fraction of sp³-hybridized carbons (Fsp3) is 0.217. The fourth-order valence-corrected chi connectivity index (χ4v) is 6.40. The van der Waals surface area contributed by atoms with Crippen LogP contribution >= 0.6 is 15.9 Å². The molecular weight excluding hydrogens is 560 g/mol. The number of aromatic amines is 1. The number of halogens is 1. The van der Waals surface area contributed by atoms with Gasteiger partial charge >= 0.3 is 0 Å². The number of fused-ring (bicyclic) bond motifs is 1. The van der Waals surface area contributed by atoms with Crippen molar-refractivity contribution < 1.29 is 8.42 Å². The van der Waals surface area contributed by atoms with E-state index in [1.54, 1.807) is 29.3 Å². The van der Waals surface area contributed by atoms with Crippen LogP contribution < -0.4 is 5.73 Å². The average molecular weight is 581 g/mol. The lowest BCUT2D eigenvalue weighted by molar-refractivity contribution is 0.314. The van der Waals surface area contributed by atoms with Gasteiger partial charge in [-0.25, -0.2) is 23.5 Å². The van der Waals surface area contributed by atoms with Gasteiger partial charge in [-0.05, 0) is 47.0 Å². The zero-order valence-corrected chi connectivity index (χ0v) is 21.8. The number of H-pyrrole nitrogens is 1. The van der Waals surface area contributed by atoms with Gasteiger partial charge in [0.05, 0.1) is 22.1 Å². The van der Waals surface area contributed by atoms with Crippen LogP contribution in [0.5, 0.6) is 0 Å². The summed E-state index contributed by atoms with van der Waals surface area (Å²) >= 11 is 3.60. The van der Waals surface area contributed by atoms with Crippen LogP contribution in [0.1, 0.15) is 24.5 Å². The van der Waals surface area contributed by atoms with Gasteiger partial charge in [0.25, 0.3) is 15.2 Å². The van der Waals surface area contributed by atoms with E-state index in [0.29, 0.717) is 41.9 Å². The highest BCUT2D eigenvalue weighted by Gasteiger charge is 2.33. The molecule has 6 heterocycles. The second-order valence-corrected chi connectivity index (χ2v) is 11.3. The molecule has 1 fully saturated rings. The number of pyridine rings is 2. The molecule has 188 valence electrons. The Morgan fingerprint density at radius 2 is 1.89 bits per heavy atom. The summed E-state index contributed by atoms with van der Waals surface area (Å²) < 4.78 is 29.3. The van der Waals surface area contributed by atoms with Gasteiger partial charge in [-0.15, -0.1) is 0 Å². The van der Waals surface area contributed by atoms with Crippen LogP contribution in [0.4, 0.5) is 5.82 Å². The number of nitrogens with one attached hydrogen (secondary N) is 1. The summed E-state index contributed by atoms with van der Waals surface area (Å²) in [6.07, 6.45) is 9.35. The largest absolute Gasteiger partial charge is 0.383 e. The fourth-order valence-electron chi connectivity index (χ4n) is 4.54. The van der Waals surface area contributed by atoms with Gasteiger partial charge in [-0.1, -0.05) is 6.07 Å². The summed E-state index contributed by atoms with van der Waals surface area (Å²) in [5.41, 5.74) is 11.2. The van der Waals surface area contributed by atoms with E-state index in [1.807, 2.05) is 24.3 Å². The first-order valence-electron chi connectivity index (χ1n) is 11.5. The normalized spacial score (nSPS) is 15.4. The number of nitrogen functional groups attached to an aromatic ring is 1. The first-order chi connectivity index (χ1) is 17.9. The highest BCUT2D eigenvalue weighted by molar-refractivity contribution is 9.10. The number of hydrogen-bond donors (Lipinski definition) is 2. The van der Waals surface area contributed by atoms with Crippen molar-refractivity contribution in [3.8, 4) is 22.4 Å². The van der Waals surface area contributed by atoms with Crippen LogP contribution in [0, 0.1) is 0 Å². The van der Waals surface area contributed by atoms with Crippen molar-refractivity contribution in [2.24, 2.45) is 0 Å². The Morgan fingerprint density at radius 3 is 2.57 bits per heavy atom. The average Bonchev–Trinajstić information content (AvgIpc) is 3.63. The number of hydrogen-bond acceptors (Lipinski definition) is 9. The lowest BCUT2D eigenvalue weighted by Gasteiger charge is -2.30. The van der Waals surface area contributed by atoms with Gasteiger partial charge in [-0.2, -0.15) is 19.0 Å². The summed E-state index contributed by atoms with van der Waals surface area (Å²) in [5.74, 6) is 0.444. The standard InChI is InChI=1S/C23H21BrN10O2S/c24-19-20(14-5-8-33(9-6-14)37(35,36)23-28-13-29-32-23)31-22-17(12-30-34(22)21(19)25)15-3-4-18(27-11-15)16-2-1-7-26-10-16/h1-4,7,10-14H,5-6,8-9,25H2,(H,28,29,32). The van der Waals surface area contributed by atoms with E-state index in [2.05, 4.69) is 46.2 Å². The Balaban J connectivity index is 1.30. The summed E-state index contributed by atoms with van der Waals surface area (Å²) in [7, 11) is -3.71. The Morgan fingerprint density at radius 1 is 1.05 bits per heavy atom. The molecule has 0 radical (unpaired) electrons. The smallest absolute Gasteiger partial charge is 0.278 e. The van der Waals surface area contributed by atoms with Gasteiger partial charge in [0.2, 0.25) is 0 Å². The number of nitrogens with two attached hydrogens (primary N) is 1. The van der Waals surface area contributed by atoms with Crippen LogP contribution in [0.25, 0.3) is 28.0 Å². The number of rotatable bonds is 5. The Labute approximate surface area is 220 Å². The minimum Gasteiger partial charge on any atom is -0.383 e. The Bertz CT molecular complexity index is 1660. The third-order valence-corrected chi connectivity index (χ3v) is 9.04. The molecule has 5 aromatic heterocycles. The van der Waals surface area contributed by atoms with E-state index in [-0.39, 0.29) is 11.1 Å².